The maximum Gasteiger partial charge on any atom is 0.220 e. The van der Waals surface area contributed by atoms with Gasteiger partial charge in [-0.15, -0.1) is 0 Å². The van der Waals surface area contributed by atoms with Crippen LogP contribution in [0.15, 0.2) is 30.3 Å². The molecule has 1 aromatic rings. The van der Waals surface area contributed by atoms with Crippen LogP contribution in [0.1, 0.15) is 31.7 Å². The topological polar surface area (TPSA) is 49.3 Å². The predicted molar refractivity (Wildman–Crippen MR) is 76.7 cm³/mol. The minimum Gasteiger partial charge on any atom is -0.394 e. The van der Waals surface area contributed by atoms with Gasteiger partial charge in [-0.1, -0.05) is 46.3 Å². The zero-order valence-corrected chi connectivity index (χ0v) is 12.2. The van der Waals surface area contributed by atoms with Crippen LogP contribution < -0.4 is 5.32 Å². The SMILES string of the molecule is CC(CO)(NC(=O)CCCCBr)c1ccccc1. The maximum absolute atomic E-state index is 11.8. The Hall–Kier alpha value is -0.870. The summed E-state index contributed by atoms with van der Waals surface area (Å²) in [5, 5.41) is 13.4. The van der Waals surface area contributed by atoms with E-state index in [1.54, 1.807) is 0 Å². The number of carbonyl (C=O) groups excluding carboxylic acids is 1. The van der Waals surface area contributed by atoms with Gasteiger partial charge in [0.2, 0.25) is 5.91 Å². The summed E-state index contributed by atoms with van der Waals surface area (Å²) in [5.74, 6) is -0.0173. The van der Waals surface area contributed by atoms with Crippen molar-refractivity contribution in [2.24, 2.45) is 0 Å². The lowest BCUT2D eigenvalue weighted by molar-refractivity contribution is -0.123. The number of hydrogen-bond acceptors (Lipinski definition) is 2. The molecule has 4 heteroatoms. The molecule has 1 atom stereocenters. The fraction of sp³-hybridized carbons (Fsp3) is 0.500. The van der Waals surface area contributed by atoms with Gasteiger partial charge < -0.3 is 10.4 Å². The van der Waals surface area contributed by atoms with Crippen LogP contribution in [0, 0.1) is 0 Å². The van der Waals surface area contributed by atoms with E-state index in [2.05, 4.69) is 21.2 Å². The van der Waals surface area contributed by atoms with E-state index >= 15 is 0 Å². The first-order valence-electron chi connectivity index (χ1n) is 6.16. The van der Waals surface area contributed by atoms with Crippen LogP contribution in [0.5, 0.6) is 0 Å². The van der Waals surface area contributed by atoms with Crippen molar-refractivity contribution >= 4 is 21.8 Å². The van der Waals surface area contributed by atoms with Crippen LogP contribution >= 0.6 is 15.9 Å². The fourth-order valence-corrected chi connectivity index (χ4v) is 2.16. The Morgan fingerprint density at radius 1 is 1.33 bits per heavy atom. The molecule has 0 aliphatic carbocycles. The van der Waals surface area contributed by atoms with E-state index in [1.807, 2.05) is 37.3 Å². The quantitative estimate of drug-likeness (QED) is 0.600. The Bertz CT molecular complexity index is 369. The summed E-state index contributed by atoms with van der Waals surface area (Å²) < 4.78 is 0. The van der Waals surface area contributed by atoms with Gasteiger partial charge in [0.05, 0.1) is 12.1 Å². The van der Waals surface area contributed by atoms with Crippen LogP contribution in [0.25, 0.3) is 0 Å². The van der Waals surface area contributed by atoms with Gasteiger partial charge in [0.1, 0.15) is 0 Å². The van der Waals surface area contributed by atoms with Gasteiger partial charge in [0.15, 0.2) is 0 Å². The van der Waals surface area contributed by atoms with E-state index in [0.717, 1.165) is 23.7 Å². The van der Waals surface area contributed by atoms with Gasteiger partial charge in [0.25, 0.3) is 0 Å². The van der Waals surface area contributed by atoms with Gasteiger partial charge >= 0.3 is 0 Å². The first-order chi connectivity index (χ1) is 8.62. The molecule has 0 aliphatic rings. The van der Waals surface area contributed by atoms with Crippen molar-refractivity contribution in [2.45, 2.75) is 31.7 Å². The minimum atomic E-state index is -0.702. The normalized spacial score (nSPS) is 13.9. The minimum absolute atomic E-state index is 0.0173. The Labute approximate surface area is 117 Å². The van der Waals surface area contributed by atoms with Crippen molar-refractivity contribution in [3.05, 3.63) is 35.9 Å². The van der Waals surface area contributed by atoms with Crippen molar-refractivity contribution < 1.29 is 9.90 Å². The molecule has 0 saturated carbocycles. The number of aliphatic hydroxyl groups is 1. The molecule has 0 heterocycles. The predicted octanol–water partition coefficient (Wildman–Crippen LogP) is 2.58. The molecule has 0 bridgehead atoms. The number of rotatable bonds is 7. The Morgan fingerprint density at radius 3 is 2.56 bits per heavy atom. The number of nitrogens with one attached hydrogen (secondary N) is 1. The molecule has 3 nitrogen and oxygen atoms in total. The average Bonchev–Trinajstić information content (AvgIpc) is 2.40. The molecule has 0 spiro atoms. The lowest BCUT2D eigenvalue weighted by atomic mass is 9.92. The second-order valence-corrected chi connectivity index (χ2v) is 5.34. The fourth-order valence-electron chi connectivity index (χ4n) is 1.76. The maximum atomic E-state index is 11.8. The molecule has 100 valence electrons. The number of hydrogen-bond donors (Lipinski definition) is 2. The molecule has 1 rings (SSSR count). The van der Waals surface area contributed by atoms with Gasteiger partial charge in [-0.05, 0) is 25.3 Å². The largest absolute Gasteiger partial charge is 0.394 e. The van der Waals surface area contributed by atoms with Crippen LogP contribution in [0.4, 0.5) is 0 Å². The first-order valence-corrected chi connectivity index (χ1v) is 7.28. The Kier molecular flexibility index (Phi) is 6.36. The van der Waals surface area contributed by atoms with E-state index in [-0.39, 0.29) is 12.5 Å². The highest BCUT2D eigenvalue weighted by molar-refractivity contribution is 9.09. The van der Waals surface area contributed by atoms with Crippen molar-refractivity contribution in [3.8, 4) is 0 Å². The molecule has 0 aliphatic heterocycles. The third-order valence-corrected chi connectivity index (χ3v) is 3.49. The number of halogens is 1. The molecule has 2 N–H and O–H groups in total. The van der Waals surface area contributed by atoms with Crippen molar-refractivity contribution in [2.75, 3.05) is 11.9 Å². The molecular formula is C14H20BrNO2. The number of aliphatic hydroxyl groups excluding tert-OH is 1. The van der Waals surface area contributed by atoms with Gasteiger partial charge in [0, 0.05) is 11.8 Å². The highest BCUT2D eigenvalue weighted by atomic mass is 79.9. The summed E-state index contributed by atoms with van der Waals surface area (Å²) in [4.78, 5) is 11.8. The number of carbonyl (C=O) groups is 1. The Balaban J connectivity index is 2.63. The van der Waals surface area contributed by atoms with E-state index in [1.165, 1.54) is 0 Å². The summed E-state index contributed by atoms with van der Waals surface area (Å²) in [6.45, 7) is 1.73. The number of amides is 1. The van der Waals surface area contributed by atoms with Gasteiger partial charge in [-0.2, -0.15) is 0 Å². The molecule has 1 amide bonds. The summed E-state index contributed by atoms with van der Waals surface area (Å²) in [5.41, 5.74) is 0.216. The second kappa shape index (κ2) is 7.54. The highest BCUT2D eigenvalue weighted by Gasteiger charge is 2.27. The summed E-state index contributed by atoms with van der Waals surface area (Å²) in [6.07, 6.45) is 2.33. The standard InChI is InChI=1S/C14H20BrNO2/c1-14(11-17,12-7-3-2-4-8-12)16-13(18)9-5-6-10-15/h2-4,7-8,17H,5-6,9-11H2,1H3,(H,16,18). The molecule has 18 heavy (non-hydrogen) atoms. The molecule has 0 saturated heterocycles. The van der Waals surface area contributed by atoms with Gasteiger partial charge in [-0.3, -0.25) is 4.79 Å². The molecule has 0 radical (unpaired) electrons. The third-order valence-electron chi connectivity index (χ3n) is 2.93. The lowest BCUT2D eigenvalue weighted by Gasteiger charge is -2.29. The smallest absolute Gasteiger partial charge is 0.220 e. The third kappa shape index (κ3) is 4.42. The average molecular weight is 314 g/mol. The van der Waals surface area contributed by atoms with Crippen molar-refractivity contribution in [3.63, 3.8) is 0 Å². The Morgan fingerprint density at radius 2 is 2.00 bits per heavy atom. The number of unbranched alkanes of at least 4 members (excludes halogenated alkanes) is 1. The van der Waals surface area contributed by atoms with Crippen LogP contribution in [-0.2, 0) is 10.3 Å². The lowest BCUT2D eigenvalue weighted by Crippen LogP contribution is -2.46. The first kappa shape index (κ1) is 15.2. The van der Waals surface area contributed by atoms with Crippen LogP contribution in [0.3, 0.4) is 0 Å². The number of alkyl halides is 1. The zero-order chi connectivity index (χ0) is 13.4. The van der Waals surface area contributed by atoms with Crippen molar-refractivity contribution in [1.29, 1.82) is 0 Å². The zero-order valence-electron chi connectivity index (χ0n) is 10.7. The summed E-state index contributed by atoms with van der Waals surface area (Å²) in [7, 11) is 0. The summed E-state index contributed by atoms with van der Waals surface area (Å²) in [6, 6.07) is 9.55. The molecule has 1 unspecified atom stereocenters. The summed E-state index contributed by atoms with van der Waals surface area (Å²) >= 11 is 3.34. The monoisotopic (exact) mass is 313 g/mol. The van der Waals surface area contributed by atoms with Crippen LogP contribution in [0.2, 0.25) is 0 Å². The molecule has 0 fully saturated rings. The molecule has 0 aromatic heterocycles. The molecular weight excluding hydrogens is 294 g/mol. The number of benzene rings is 1. The van der Waals surface area contributed by atoms with E-state index in [0.29, 0.717) is 6.42 Å². The van der Waals surface area contributed by atoms with Gasteiger partial charge in [-0.25, -0.2) is 0 Å². The van der Waals surface area contributed by atoms with E-state index in [9.17, 15) is 9.90 Å². The second-order valence-electron chi connectivity index (χ2n) is 4.55. The van der Waals surface area contributed by atoms with E-state index < -0.39 is 5.54 Å². The molecule has 1 aromatic carbocycles. The van der Waals surface area contributed by atoms with Crippen LogP contribution in [-0.4, -0.2) is 23.0 Å². The van der Waals surface area contributed by atoms with E-state index in [4.69, 9.17) is 0 Å². The van der Waals surface area contributed by atoms with Crippen molar-refractivity contribution in [1.82, 2.24) is 5.32 Å². The highest BCUT2D eigenvalue weighted by Crippen LogP contribution is 2.20.